The van der Waals surface area contributed by atoms with Crippen molar-refractivity contribution >= 4 is 29.0 Å². The Morgan fingerprint density at radius 1 is 1.16 bits per heavy atom. The van der Waals surface area contributed by atoms with Gasteiger partial charge in [-0.15, -0.1) is 0 Å². The molecule has 0 atom stereocenters. The summed E-state index contributed by atoms with van der Waals surface area (Å²) in [4.78, 5) is 21.2. The van der Waals surface area contributed by atoms with Gasteiger partial charge in [0.15, 0.2) is 0 Å². The van der Waals surface area contributed by atoms with Gasteiger partial charge in [0, 0.05) is 29.9 Å². The Morgan fingerprint density at radius 3 is 2.53 bits per heavy atom. The number of fused-ring (bicyclic) bond motifs is 1. The number of methoxy groups -OCH3 is 1. The minimum absolute atomic E-state index is 0.318. The van der Waals surface area contributed by atoms with E-state index < -0.39 is 11.8 Å². The van der Waals surface area contributed by atoms with Crippen LogP contribution in [0.15, 0.2) is 42.9 Å². The van der Waals surface area contributed by atoms with Gasteiger partial charge in [0.2, 0.25) is 0 Å². The van der Waals surface area contributed by atoms with Crippen LogP contribution in [0.5, 0.6) is 0 Å². The third-order valence-electron chi connectivity index (χ3n) is 4.90. The highest BCUT2D eigenvalue weighted by molar-refractivity contribution is 6.32. The number of hydrogen-bond acceptors (Lipinski definition) is 5. The first-order chi connectivity index (χ1) is 15.1. The number of hydrogen-bond donors (Lipinski definition) is 1. The van der Waals surface area contributed by atoms with E-state index in [1.165, 1.54) is 19.2 Å². The number of ether oxygens (including phenoxy) is 1. The van der Waals surface area contributed by atoms with Crippen LogP contribution in [-0.2, 0) is 11.8 Å². The average Bonchev–Trinajstić information content (AvgIpc) is 3.26. The topological polar surface area (TPSA) is 73.5 Å². The van der Waals surface area contributed by atoms with Crippen molar-refractivity contribution in [1.29, 1.82) is 0 Å². The molecule has 0 aliphatic heterocycles. The Hall–Kier alpha value is -3.39. The Bertz CT molecular complexity index is 1340. The van der Waals surface area contributed by atoms with Crippen molar-refractivity contribution in [3.8, 4) is 22.5 Å². The number of esters is 1. The van der Waals surface area contributed by atoms with E-state index in [0.29, 0.717) is 44.7 Å². The van der Waals surface area contributed by atoms with E-state index in [0.717, 1.165) is 0 Å². The third kappa shape index (κ3) is 3.93. The predicted molar refractivity (Wildman–Crippen MR) is 123 cm³/mol. The van der Waals surface area contributed by atoms with Gasteiger partial charge < -0.3 is 14.6 Å². The van der Waals surface area contributed by atoms with E-state index in [1.54, 1.807) is 42.3 Å². The molecule has 32 heavy (non-hydrogen) atoms. The fourth-order valence-electron chi connectivity index (χ4n) is 3.47. The van der Waals surface area contributed by atoms with Gasteiger partial charge in [-0.1, -0.05) is 11.6 Å². The Morgan fingerprint density at radius 2 is 1.91 bits per heavy atom. The van der Waals surface area contributed by atoms with Crippen LogP contribution in [0.3, 0.4) is 0 Å². The Kier molecular flexibility index (Phi) is 5.42. The highest BCUT2D eigenvalue weighted by Gasteiger charge is 2.24. The molecule has 1 N–H and O–H groups in total. The van der Waals surface area contributed by atoms with Crippen molar-refractivity contribution in [3.05, 3.63) is 59.4 Å². The average molecular weight is 456 g/mol. The SMILES string of the molecule is COC(=O)c1ccn2c(NC(C)(C)C)c(-c3cc(F)ccc3-c3ncn(C)c3Cl)nc2c1. The second-order valence-corrected chi connectivity index (χ2v) is 8.86. The second-order valence-electron chi connectivity index (χ2n) is 8.50. The molecule has 0 saturated heterocycles. The van der Waals surface area contributed by atoms with Crippen molar-refractivity contribution in [1.82, 2.24) is 18.9 Å². The lowest BCUT2D eigenvalue weighted by atomic mass is 10.0. The van der Waals surface area contributed by atoms with Crippen LogP contribution in [0.25, 0.3) is 28.2 Å². The number of benzene rings is 1. The van der Waals surface area contributed by atoms with E-state index in [4.69, 9.17) is 21.3 Å². The summed E-state index contributed by atoms with van der Waals surface area (Å²) in [6, 6.07) is 7.71. The van der Waals surface area contributed by atoms with E-state index in [2.05, 4.69) is 10.3 Å². The zero-order chi connectivity index (χ0) is 23.2. The molecule has 3 aromatic heterocycles. The lowest BCUT2D eigenvalue weighted by Gasteiger charge is -2.23. The van der Waals surface area contributed by atoms with Crippen molar-refractivity contribution in [2.75, 3.05) is 12.4 Å². The van der Waals surface area contributed by atoms with Crippen molar-refractivity contribution in [2.24, 2.45) is 7.05 Å². The van der Waals surface area contributed by atoms with Crippen molar-refractivity contribution < 1.29 is 13.9 Å². The first-order valence-electron chi connectivity index (χ1n) is 9.95. The van der Waals surface area contributed by atoms with Gasteiger partial charge in [0.1, 0.15) is 33.8 Å². The maximum atomic E-state index is 14.4. The molecule has 1 aromatic carbocycles. The number of anilines is 1. The maximum Gasteiger partial charge on any atom is 0.338 e. The van der Waals surface area contributed by atoms with Gasteiger partial charge in [-0.05, 0) is 51.1 Å². The first-order valence-corrected chi connectivity index (χ1v) is 10.3. The van der Waals surface area contributed by atoms with E-state index in [-0.39, 0.29) is 5.54 Å². The molecule has 3 heterocycles. The number of rotatable bonds is 4. The molecule has 0 amide bonds. The number of pyridine rings is 1. The summed E-state index contributed by atoms with van der Waals surface area (Å²) in [6.45, 7) is 6.04. The zero-order valence-corrected chi connectivity index (χ0v) is 19.2. The summed E-state index contributed by atoms with van der Waals surface area (Å²) in [5, 5.41) is 3.89. The van der Waals surface area contributed by atoms with Crippen LogP contribution in [0, 0.1) is 5.82 Å². The molecular formula is C23H23ClFN5O2. The fourth-order valence-corrected chi connectivity index (χ4v) is 3.66. The number of aromatic nitrogens is 4. The highest BCUT2D eigenvalue weighted by atomic mass is 35.5. The number of halogens is 2. The van der Waals surface area contributed by atoms with Crippen LogP contribution in [0.1, 0.15) is 31.1 Å². The van der Waals surface area contributed by atoms with E-state index in [1.807, 2.05) is 25.2 Å². The van der Waals surface area contributed by atoms with Crippen LogP contribution >= 0.6 is 11.6 Å². The number of nitrogens with zero attached hydrogens (tertiary/aromatic N) is 4. The largest absolute Gasteiger partial charge is 0.465 e. The van der Waals surface area contributed by atoms with Crippen LogP contribution in [0.4, 0.5) is 10.2 Å². The lowest BCUT2D eigenvalue weighted by molar-refractivity contribution is 0.0600. The fraction of sp³-hybridized carbons (Fsp3) is 0.261. The molecule has 0 unspecified atom stereocenters. The summed E-state index contributed by atoms with van der Waals surface area (Å²) >= 11 is 6.45. The molecular weight excluding hydrogens is 433 g/mol. The van der Waals surface area contributed by atoms with Crippen LogP contribution in [0.2, 0.25) is 5.15 Å². The second kappa shape index (κ2) is 7.94. The summed E-state index contributed by atoms with van der Waals surface area (Å²) in [7, 11) is 3.11. The van der Waals surface area contributed by atoms with Gasteiger partial charge in [0.25, 0.3) is 0 Å². The number of carbonyl (C=O) groups is 1. The van der Waals surface area contributed by atoms with Gasteiger partial charge in [0.05, 0.1) is 19.0 Å². The molecule has 0 radical (unpaired) electrons. The quantitative estimate of drug-likeness (QED) is 0.428. The maximum absolute atomic E-state index is 14.4. The monoisotopic (exact) mass is 455 g/mol. The van der Waals surface area contributed by atoms with E-state index >= 15 is 0 Å². The normalized spacial score (nSPS) is 11.7. The van der Waals surface area contributed by atoms with Gasteiger partial charge in [-0.25, -0.2) is 19.2 Å². The van der Waals surface area contributed by atoms with E-state index in [9.17, 15) is 9.18 Å². The van der Waals surface area contributed by atoms with Gasteiger partial charge in [-0.2, -0.15) is 0 Å². The molecule has 7 nitrogen and oxygen atoms in total. The summed E-state index contributed by atoms with van der Waals surface area (Å²) in [6.07, 6.45) is 3.34. The number of imidazole rings is 2. The molecule has 4 aromatic rings. The Labute approximate surface area is 189 Å². The molecule has 0 spiro atoms. The number of nitrogens with one attached hydrogen (secondary N) is 1. The number of aryl methyl sites for hydroxylation is 1. The molecule has 0 fully saturated rings. The molecule has 0 bridgehead atoms. The smallest absolute Gasteiger partial charge is 0.338 e. The molecule has 0 saturated carbocycles. The highest BCUT2D eigenvalue weighted by Crippen LogP contribution is 2.39. The minimum Gasteiger partial charge on any atom is -0.465 e. The lowest BCUT2D eigenvalue weighted by Crippen LogP contribution is -2.27. The Balaban J connectivity index is 2.01. The number of carbonyl (C=O) groups excluding carboxylic acids is 1. The van der Waals surface area contributed by atoms with Crippen LogP contribution in [-0.4, -0.2) is 37.6 Å². The van der Waals surface area contributed by atoms with Crippen LogP contribution < -0.4 is 5.32 Å². The molecule has 9 heteroatoms. The molecule has 0 aliphatic rings. The summed E-state index contributed by atoms with van der Waals surface area (Å²) < 4.78 is 22.8. The van der Waals surface area contributed by atoms with Crippen molar-refractivity contribution in [2.45, 2.75) is 26.3 Å². The van der Waals surface area contributed by atoms with Crippen molar-refractivity contribution in [3.63, 3.8) is 0 Å². The predicted octanol–water partition coefficient (Wildman–Crippen LogP) is 5.19. The standard InChI is InChI=1S/C23H23ClFN5O2/c1-23(2,3)28-21-19(27-17-10-13(22(31)32-5)8-9-30(17)21)16-11-14(25)6-7-15(16)18-20(24)29(4)12-26-18/h6-12,28H,1-5H3. The molecule has 4 rings (SSSR count). The minimum atomic E-state index is -0.464. The first kappa shape index (κ1) is 21.8. The zero-order valence-electron chi connectivity index (χ0n) is 18.4. The molecule has 0 aliphatic carbocycles. The summed E-state index contributed by atoms with van der Waals surface area (Å²) in [5.41, 5.74) is 2.77. The third-order valence-corrected chi connectivity index (χ3v) is 5.34. The van der Waals surface area contributed by atoms with Gasteiger partial charge >= 0.3 is 5.97 Å². The van der Waals surface area contributed by atoms with Gasteiger partial charge in [-0.3, -0.25) is 4.40 Å². The summed E-state index contributed by atoms with van der Waals surface area (Å²) in [5.74, 6) is -0.221. The molecule has 166 valence electrons.